The van der Waals surface area contributed by atoms with Gasteiger partial charge >= 0.3 is 0 Å². The van der Waals surface area contributed by atoms with Crippen LogP contribution in [0.4, 0.5) is 0 Å². The first-order valence-corrected chi connectivity index (χ1v) is 10.0. The topological polar surface area (TPSA) is 63.4 Å². The number of nitro groups is 1. The van der Waals surface area contributed by atoms with Crippen molar-refractivity contribution in [3.05, 3.63) is 10.1 Å². The van der Waals surface area contributed by atoms with Gasteiger partial charge in [0.05, 0.1) is 5.60 Å². The van der Waals surface area contributed by atoms with Gasteiger partial charge in [-0.05, 0) is 80.5 Å². The second-order valence-corrected chi connectivity index (χ2v) is 10.4. The first-order valence-electron chi connectivity index (χ1n) is 10.0. The van der Waals surface area contributed by atoms with Crippen molar-refractivity contribution in [1.82, 2.24) is 0 Å². The van der Waals surface area contributed by atoms with Gasteiger partial charge in [0.2, 0.25) is 6.04 Å². The largest absolute Gasteiger partial charge is 0.390 e. The van der Waals surface area contributed by atoms with Gasteiger partial charge < -0.3 is 5.11 Å². The summed E-state index contributed by atoms with van der Waals surface area (Å²) in [6.45, 7) is 6.73. The van der Waals surface area contributed by atoms with Gasteiger partial charge in [0.15, 0.2) is 0 Å². The molecule has 4 aliphatic carbocycles. The monoisotopic (exact) mass is 335 g/mol. The van der Waals surface area contributed by atoms with E-state index >= 15 is 0 Å². The van der Waals surface area contributed by atoms with E-state index in [1.54, 1.807) is 0 Å². The fraction of sp³-hybridized carbons (Fsp3) is 1.00. The number of hydrogen-bond acceptors (Lipinski definition) is 3. The highest BCUT2D eigenvalue weighted by molar-refractivity contribution is 5.10. The molecule has 24 heavy (non-hydrogen) atoms. The first kappa shape index (κ1) is 16.8. The minimum absolute atomic E-state index is 0.0463. The number of rotatable bonds is 1. The summed E-state index contributed by atoms with van der Waals surface area (Å²) in [5.74, 6) is 1.61. The van der Waals surface area contributed by atoms with Crippen LogP contribution < -0.4 is 0 Å². The van der Waals surface area contributed by atoms with Gasteiger partial charge in [-0.2, -0.15) is 0 Å². The third-order valence-corrected chi connectivity index (χ3v) is 9.02. The van der Waals surface area contributed by atoms with E-state index in [-0.39, 0.29) is 22.3 Å². The Morgan fingerprint density at radius 3 is 2.50 bits per heavy atom. The highest BCUT2D eigenvalue weighted by Crippen LogP contribution is 2.67. The van der Waals surface area contributed by atoms with Crippen molar-refractivity contribution >= 4 is 0 Å². The SMILES string of the molecule is C[C@@]1(O)CC[C@@]2(C)[C@@H](C[C@H]([N+](=O)[O-])[C@H]3[C@@H]4CCC[C@@]4(C)CC[C@@H]32)C1. The molecule has 0 spiro atoms. The summed E-state index contributed by atoms with van der Waals surface area (Å²) >= 11 is 0. The van der Waals surface area contributed by atoms with Crippen LogP contribution in [0.2, 0.25) is 0 Å². The Labute approximate surface area is 145 Å². The average molecular weight is 335 g/mol. The molecule has 0 aromatic heterocycles. The van der Waals surface area contributed by atoms with Gasteiger partial charge in [-0.1, -0.05) is 20.3 Å². The van der Waals surface area contributed by atoms with Crippen LogP contribution in [0.1, 0.15) is 78.6 Å². The second kappa shape index (κ2) is 5.18. The summed E-state index contributed by atoms with van der Waals surface area (Å²) in [7, 11) is 0. The van der Waals surface area contributed by atoms with Gasteiger partial charge in [-0.15, -0.1) is 0 Å². The van der Waals surface area contributed by atoms with Crippen molar-refractivity contribution in [3.63, 3.8) is 0 Å². The number of aliphatic hydroxyl groups is 1. The highest BCUT2D eigenvalue weighted by atomic mass is 16.6. The minimum Gasteiger partial charge on any atom is -0.390 e. The van der Waals surface area contributed by atoms with Gasteiger partial charge in [-0.3, -0.25) is 10.1 Å². The van der Waals surface area contributed by atoms with Crippen LogP contribution in [0.5, 0.6) is 0 Å². The molecule has 136 valence electrons. The van der Waals surface area contributed by atoms with Crippen LogP contribution >= 0.6 is 0 Å². The Morgan fingerprint density at radius 2 is 1.79 bits per heavy atom. The van der Waals surface area contributed by atoms with Crippen LogP contribution in [-0.2, 0) is 0 Å². The van der Waals surface area contributed by atoms with E-state index in [9.17, 15) is 15.2 Å². The van der Waals surface area contributed by atoms with Crippen LogP contribution in [0, 0.1) is 44.6 Å². The molecular formula is C20H33NO3. The Hall–Kier alpha value is -0.640. The van der Waals surface area contributed by atoms with Gasteiger partial charge in [0.25, 0.3) is 0 Å². The molecule has 8 atom stereocenters. The Morgan fingerprint density at radius 1 is 1.04 bits per heavy atom. The van der Waals surface area contributed by atoms with Gasteiger partial charge in [-0.25, -0.2) is 0 Å². The van der Waals surface area contributed by atoms with Crippen LogP contribution in [0.15, 0.2) is 0 Å². The summed E-state index contributed by atoms with van der Waals surface area (Å²) in [4.78, 5) is 12.0. The summed E-state index contributed by atoms with van der Waals surface area (Å²) in [5, 5.41) is 22.6. The van der Waals surface area contributed by atoms with Crippen molar-refractivity contribution in [2.24, 2.45) is 34.5 Å². The van der Waals surface area contributed by atoms with E-state index in [4.69, 9.17) is 0 Å². The predicted octanol–water partition coefficient (Wildman–Crippen LogP) is 4.43. The molecule has 1 N–H and O–H groups in total. The molecule has 4 aliphatic rings. The molecule has 0 aromatic carbocycles. The summed E-state index contributed by atoms with van der Waals surface area (Å²) in [6.07, 6.45) is 9.46. The average Bonchev–Trinajstić information content (AvgIpc) is 2.88. The molecule has 4 rings (SSSR count). The van der Waals surface area contributed by atoms with E-state index in [0.717, 1.165) is 25.7 Å². The molecule has 0 aliphatic heterocycles. The third-order valence-electron chi connectivity index (χ3n) is 9.02. The van der Waals surface area contributed by atoms with Crippen molar-refractivity contribution in [2.75, 3.05) is 0 Å². The van der Waals surface area contributed by atoms with Crippen molar-refractivity contribution in [1.29, 1.82) is 0 Å². The van der Waals surface area contributed by atoms with Crippen molar-refractivity contribution in [3.8, 4) is 0 Å². The summed E-state index contributed by atoms with van der Waals surface area (Å²) in [6, 6.07) is -0.385. The van der Waals surface area contributed by atoms with E-state index in [1.807, 2.05) is 6.92 Å². The van der Waals surface area contributed by atoms with Gasteiger partial charge in [0, 0.05) is 17.3 Å². The molecule has 0 amide bonds. The van der Waals surface area contributed by atoms with E-state index in [1.165, 1.54) is 25.7 Å². The zero-order valence-corrected chi connectivity index (χ0v) is 15.5. The standard InChI is InChI=1S/C20H33NO3/c1-18-7-4-5-14(18)17-15(6-8-18)20(3)10-9-19(2,22)12-13(20)11-16(17)21(23)24/h13-17,22H,4-12H2,1-3H3/t13-,14-,15-,16-,17-,18-,19+,20-/m0/s1. The summed E-state index contributed by atoms with van der Waals surface area (Å²) < 4.78 is 0. The zero-order valence-electron chi connectivity index (χ0n) is 15.5. The molecule has 0 bridgehead atoms. The van der Waals surface area contributed by atoms with Crippen LogP contribution in [0.3, 0.4) is 0 Å². The fourth-order valence-corrected chi connectivity index (χ4v) is 7.62. The molecule has 0 saturated heterocycles. The minimum atomic E-state index is -0.630. The molecule has 4 fully saturated rings. The molecule has 4 saturated carbocycles. The maximum absolute atomic E-state index is 12.0. The lowest BCUT2D eigenvalue weighted by Gasteiger charge is -2.61. The Kier molecular flexibility index (Phi) is 3.63. The Balaban J connectivity index is 1.72. The lowest BCUT2D eigenvalue weighted by molar-refractivity contribution is -0.548. The van der Waals surface area contributed by atoms with Crippen LogP contribution in [-0.4, -0.2) is 21.7 Å². The molecule has 0 radical (unpaired) electrons. The highest BCUT2D eigenvalue weighted by Gasteiger charge is 2.64. The quantitative estimate of drug-likeness (QED) is 0.569. The lowest BCUT2D eigenvalue weighted by Crippen LogP contribution is -2.60. The number of nitrogens with zero attached hydrogens (tertiary/aromatic N) is 1. The molecular weight excluding hydrogens is 302 g/mol. The molecule has 0 unspecified atom stereocenters. The van der Waals surface area contributed by atoms with Crippen LogP contribution in [0.25, 0.3) is 0 Å². The molecule has 4 nitrogen and oxygen atoms in total. The second-order valence-electron chi connectivity index (χ2n) is 10.4. The first-order chi connectivity index (χ1) is 11.2. The van der Waals surface area contributed by atoms with E-state index < -0.39 is 5.60 Å². The summed E-state index contributed by atoms with van der Waals surface area (Å²) in [5.41, 5.74) is -0.0865. The molecule has 0 aromatic rings. The maximum atomic E-state index is 12.0. The third kappa shape index (κ3) is 2.28. The molecule has 4 heteroatoms. The zero-order chi connectivity index (χ0) is 17.3. The van der Waals surface area contributed by atoms with Crippen molar-refractivity contribution < 1.29 is 10.0 Å². The smallest absolute Gasteiger partial charge is 0.216 e. The predicted molar refractivity (Wildman–Crippen MR) is 93.1 cm³/mol. The molecule has 0 heterocycles. The number of hydrogen-bond donors (Lipinski definition) is 1. The maximum Gasteiger partial charge on any atom is 0.216 e. The van der Waals surface area contributed by atoms with Crippen molar-refractivity contribution in [2.45, 2.75) is 90.2 Å². The number of fused-ring (bicyclic) bond motifs is 5. The normalized spacial score (nSPS) is 56.9. The Bertz CT molecular complexity index is 547. The van der Waals surface area contributed by atoms with E-state index in [0.29, 0.717) is 29.6 Å². The fourth-order valence-electron chi connectivity index (χ4n) is 7.62. The lowest BCUT2D eigenvalue weighted by atomic mass is 9.43. The van der Waals surface area contributed by atoms with E-state index in [2.05, 4.69) is 13.8 Å². The van der Waals surface area contributed by atoms with Gasteiger partial charge in [0.1, 0.15) is 0 Å².